The number of ether oxygens (including phenoxy) is 1. The monoisotopic (exact) mass is 374 g/mol. The van der Waals surface area contributed by atoms with Gasteiger partial charge in [0.15, 0.2) is 5.16 Å². The first-order chi connectivity index (χ1) is 12.4. The van der Waals surface area contributed by atoms with Crippen LogP contribution in [0, 0.1) is 6.92 Å². The predicted octanol–water partition coefficient (Wildman–Crippen LogP) is 3.22. The lowest BCUT2D eigenvalue weighted by Crippen LogP contribution is -2.15. The van der Waals surface area contributed by atoms with Crippen LogP contribution in [0.3, 0.4) is 0 Å². The van der Waals surface area contributed by atoms with Crippen LogP contribution in [-0.4, -0.2) is 38.5 Å². The van der Waals surface area contributed by atoms with Gasteiger partial charge >= 0.3 is 5.97 Å². The van der Waals surface area contributed by atoms with Crippen LogP contribution in [0.1, 0.15) is 48.9 Å². The van der Waals surface area contributed by atoms with E-state index in [0.29, 0.717) is 17.3 Å². The number of hydrogen-bond acceptors (Lipinski definition) is 6. The zero-order valence-corrected chi connectivity index (χ0v) is 15.9. The van der Waals surface area contributed by atoms with Crippen LogP contribution in [0.15, 0.2) is 29.4 Å². The Hall–Kier alpha value is -2.35. The van der Waals surface area contributed by atoms with E-state index < -0.39 is 0 Å². The van der Waals surface area contributed by atoms with E-state index in [0.717, 1.165) is 23.8 Å². The van der Waals surface area contributed by atoms with Gasteiger partial charge in [-0.25, -0.2) is 4.79 Å². The summed E-state index contributed by atoms with van der Waals surface area (Å²) in [4.78, 5) is 24.0. The van der Waals surface area contributed by atoms with E-state index in [2.05, 4.69) is 20.1 Å². The zero-order chi connectivity index (χ0) is 18.7. The van der Waals surface area contributed by atoms with Crippen molar-refractivity contribution in [1.82, 2.24) is 14.8 Å². The molecule has 1 aliphatic carbocycles. The largest absolute Gasteiger partial charge is 0.459 e. The Morgan fingerprint density at radius 2 is 1.96 bits per heavy atom. The summed E-state index contributed by atoms with van der Waals surface area (Å²) in [6, 6.07) is 7.14. The molecule has 3 rings (SSSR count). The van der Waals surface area contributed by atoms with Crippen molar-refractivity contribution in [3.63, 3.8) is 0 Å². The van der Waals surface area contributed by atoms with Gasteiger partial charge in [-0.2, -0.15) is 0 Å². The molecule has 1 aliphatic rings. The number of carbonyl (C=O) groups excluding carboxylic acids is 2. The highest BCUT2D eigenvalue weighted by Gasteiger charge is 2.28. The summed E-state index contributed by atoms with van der Waals surface area (Å²) in [5, 5.41) is 11.9. The number of esters is 1. The molecule has 138 valence electrons. The molecule has 0 unspecified atom stereocenters. The first-order valence-electron chi connectivity index (χ1n) is 8.59. The molecule has 0 bridgehead atoms. The lowest BCUT2D eigenvalue weighted by atomic mass is 10.2. The number of amides is 1. The van der Waals surface area contributed by atoms with Crippen molar-refractivity contribution in [3.05, 3.63) is 35.7 Å². The number of hydrogen-bond donors (Lipinski definition) is 1. The lowest BCUT2D eigenvalue weighted by Gasteiger charge is -2.09. The van der Waals surface area contributed by atoms with Gasteiger partial charge in [0.2, 0.25) is 5.91 Å². The van der Waals surface area contributed by atoms with Gasteiger partial charge < -0.3 is 14.6 Å². The van der Waals surface area contributed by atoms with Crippen molar-refractivity contribution >= 4 is 29.3 Å². The molecular formula is C18H22N4O3S. The van der Waals surface area contributed by atoms with Crippen LogP contribution in [0.4, 0.5) is 5.69 Å². The highest BCUT2D eigenvalue weighted by molar-refractivity contribution is 7.99. The fraction of sp³-hybridized carbons (Fsp3) is 0.444. The summed E-state index contributed by atoms with van der Waals surface area (Å²) in [6.45, 7) is 5.53. The number of nitrogens with one attached hydrogen (secondary N) is 1. The van der Waals surface area contributed by atoms with Gasteiger partial charge in [-0.1, -0.05) is 11.8 Å². The van der Waals surface area contributed by atoms with Crippen LogP contribution >= 0.6 is 11.8 Å². The third kappa shape index (κ3) is 4.63. The molecule has 1 fully saturated rings. The van der Waals surface area contributed by atoms with E-state index in [1.807, 2.05) is 6.92 Å². The number of aromatic nitrogens is 3. The van der Waals surface area contributed by atoms with Gasteiger partial charge in [-0.3, -0.25) is 4.79 Å². The van der Waals surface area contributed by atoms with Crippen LogP contribution in [0.25, 0.3) is 0 Å². The minimum absolute atomic E-state index is 0.129. The molecule has 0 radical (unpaired) electrons. The van der Waals surface area contributed by atoms with Crippen LogP contribution in [0.5, 0.6) is 0 Å². The molecule has 0 spiro atoms. The highest BCUT2D eigenvalue weighted by atomic mass is 32.2. The molecule has 2 aromatic rings. The average molecular weight is 374 g/mol. The first kappa shape index (κ1) is 18.4. The second-order valence-corrected chi connectivity index (χ2v) is 7.44. The summed E-state index contributed by atoms with van der Waals surface area (Å²) in [5.41, 5.74) is 1.09. The van der Waals surface area contributed by atoms with E-state index in [1.54, 1.807) is 38.1 Å². The third-order valence-electron chi connectivity index (χ3n) is 3.83. The molecule has 1 N–H and O–H groups in total. The lowest BCUT2D eigenvalue weighted by molar-refractivity contribution is -0.113. The molecule has 0 saturated heterocycles. The Kier molecular flexibility index (Phi) is 5.61. The fourth-order valence-corrected chi connectivity index (χ4v) is 3.35. The van der Waals surface area contributed by atoms with Crippen molar-refractivity contribution in [2.45, 2.75) is 50.9 Å². The maximum absolute atomic E-state index is 12.2. The fourth-order valence-electron chi connectivity index (χ4n) is 2.50. The zero-order valence-electron chi connectivity index (χ0n) is 15.1. The number of aryl methyl sites for hydroxylation is 1. The first-order valence-corrected chi connectivity index (χ1v) is 9.58. The second-order valence-electron chi connectivity index (χ2n) is 6.50. The van der Waals surface area contributed by atoms with Gasteiger partial charge in [0.25, 0.3) is 0 Å². The summed E-state index contributed by atoms with van der Waals surface area (Å²) >= 11 is 1.38. The minimum Gasteiger partial charge on any atom is -0.459 e. The van der Waals surface area contributed by atoms with E-state index in [4.69, 9.17) is 4.74 Å². The Balaban J connectivity index is 1.53. The number of thioether (sulfide) groups is 1. The van der Waals surface area contributed by atoms with Crippen LogP contribution in [0.2, 0.25) is 0 Å². The minimum atomic E-state index is -0.372. The molecule has 0 atom stereocenters. The Morgan fingerprint density at radius 3 is 2.58 bits per heavy atom. The number of carbonyl (C=O) groups is 2. The number of rotatable bonds is 7. The summed E-state index contributed by atoms with van der Waals surface area (Å²) in [5.74, 6) is 0.639. The molecule has 1 aromatic heterocycles. The smallest absolute Gasteiger partial charge is 0.338 e. The summed E-state index contributed by atoms with van der Waals surface area (Å²) in [7, 11) is 0. The quantitative estimate of drug-likeness (QED) is 0.591. The second kappa shape index (κ2) is 7.90. The van der Waals surface area contributed by atoms with Crippen molar-refractivity contribution in [2.75, 3.05) is 11.1 Å². The topological polar surface area (TPSA) is 86.1 Å². The molecule has 1 aromatic carbocycles. The van der Waals surface area contributed by atoms with Crippen molar-refractivity contribution in [3.8, 4) is 0 Å². The van der Waals surface area contributed by atoms with Gasteiger partial charge in [0, 0.05) is 11.7 Å². The van der Waals surface area contributed by atoms with E-state index >= 15 is 0 Å². The van der Waals surface area contributed by atoms with E-state index in [1.165, 1.54) is 11.8 Å². The summed E-state index contributed by atoms with van der Waals surface area (Å²) in [6.07, 6.45) is 2.12. The van der Waals surface area contributed by atoms with Crippen molar-refractivity contribution in [1.29, 1.82) is 0 Å². The molecular weight excluding hydrogens is 352 g/mol. The molecule has 1 saturated carbocycles. The van der Waals surface area contributed by atoms with E-state index in [9.17, 15) is 9.59 Å². The van der Waals surface area contributed by atoms with E-state index in [-0.39, 0.29) is 23.7 Å². The van der Waals surface area contributed by atoms with Gasteiger partial charge in [0.05, 0.1) is 17.4 Å². The summed E-state index contributed by atoms with van der Waals surface area (Å²) < 4.78 is 7.24. The maximum atomic E-state index is 12.2. The Labute approximate surface area is 156 Å². The SMILES string of the molecule is Cc1nnc(SCC(=O)Nc2ccc(C(=O)OC(C)C)cc2)n1C1CC1. The molecule has 1 amide bonds. The molecule has 26 heavy (non-hydrogen) atoms. The van der Waals surface area contributed by atoms with Gasteiger partial charge in [-0.05, 0) is 57.9 Å². The van der Waals surface area contributed by atoms with Crippen LogP contribution in [-0.2, 0) is 9.53 Å². The van der Waals surface area contributed by atoms with Crippen molar-refractivity contribution < 1.29 is 14.3 Å². The molecule has 8 heteroatoms. The molecule has 0 aliphatic heterocycles. The third-order valence-corrected chi connectivity index (χ3v) is 4.77. The van der Waals surface area contributed by atoms with Crippen LogP contribution < -0.4 is 5.32 Å². The predicted molar refractivity (Wildman–Crippen MR) is 99.4 cm³/mol. The van der Waals surface area contributed by atoms with Crippen molar-refractivity contribution in [2.24, 2.45) is 0 Å². The normalized spacial score (nSPS) is 13.7. The Bertz CT molecular complexity index is 797. The maximum Gasteiger partial charge on any atom is 0.338 e. The van der Waals surface area contributed by atoms with Gasteiger partial charge in [0.1, 0.15) is 5.82 Å². The number of nitrogens with zero attached hydrogens (tertiary/aromatic N) is 3. The highest BCUT2D eigenvalue weighted by Crippen LogP contribution is 2.38. The Morgan fingerprint density at radius 1 is 1.27 bits per heavy atom. The molecule has 1 heterocycles. The molecule has 7 nitrogen and oxygen atoms in total. The standard InChI is InChI=1S/C18H22N4O3S/c1-11(2)25-17(24)13-4-6-14(7-5-13)19-16(23)10-26-18-21-20-12(3)22(18)15-8-9-15/h4-7,11,15H,8-10H2,1-3H3,(H,19,23). The van der Waals surface area contributed by atoms with Gasteiger partial charge in [-0.15, -0.1) is 10.2 Å². The number of benzene rings is 1. The number of anilines is 1. The average Bonchev–Trinajstić information content (AvgIpc) is 3.36.